The Labute approximate surface area is 167 Å². The summed E-state index contributed by atoms with van der Waals surface area (Å²) in [4.78, 5) is 15.2. The van der Waals surface area contributed by atoms with E-state index < -0.39 is 0 Å². The third kappa shape index (κ3) is 3.83. The molecule has 2 heterocycles. The van der Waals surface area contributed by atoms with Crippen molar-refractivity contribution >= 4 is 5.91 Å². The van der Waals surface area contributed by atoms with E-state index in [0.717, 1.165) is 36.8 Å². The fourth-order valence-corrected chi connectivity index (χ4v) is 3.88. The molecule has 1 N–H and O–H groups in total. The lowest BCUT2D eigenvalue weighted by Crippen LogP contribution is -2.36. The maximum absolute atomic E-state index is 12.6. The first-order chi connectivity index (χ1) is 13.4. The highest BCUT2D eigenvalue weighted by molar-refractivity contribution is 5.93. The van der Waals surface area contributed by atoms with Crippen molar-refractivity contribution < 1.29 is 4.79 Å². The fraction of sp³-hybridized carbons (Fsp3) is 0.591. The van der Waals surface area contributed by atoms with E-state index in [0.29, 0.717) is 11.6 Å². The van der Waals surface area contributed by atoms with Crippen LogP contribution in [0.15, 0.2) is 18.2 Å². The van der Waals surface area contributed by atoms with Crippen LogP contribution in [0.1, 0.15) is 60.9 Å². The lowest BCUT2D eigenvalue weighted by Gasteiger charge is -2.30. The van der Waals surface area contributed by atoms with Gasteiger partial charge in [-0.2, -0.15) is 0 Å². The Balaban J connectivity index is 1.57. The highest BCUT2D eigenvalue weighted by atomic mass is 16.2. The molecule has 4 rings (SSSR count). The molecular formula is C22H31N5O. The van der Waals surface area contributed by atoms with Crippen LogP contribution in [-0.4, -0.2) is 44.9 Å². The Hall–Kier alpha value is -2.21. The van der Waals surface area contributed by atoms with Crippen LogP contribution in [0.4, 0.5) is 0 Å². The summed E-state index contributed by atoms with van der Waals surface area (Å²) in [5.74, 6) is 1.14. The van der Waals surface area contributed by atoms with E-state index in [2.05, 4.69) is 52.6 Å². The van der Waals surface area contributed by atoms with E-state index in [9.17, 15) is 4.79 Å². The van der Waals surface area contributed by atoms with Crippen LogP contribution in [0.25, 0.3) is 5.69 Å². The first-order valence-corrected chi connectivity index (χ1v) is 10.5. The van der Waals surface area contributed by atoms with Crippen LogP contribution in [0.3, 0.4) is 0 Å². The molecule has 1 atom stereocenters. The summed E-state index contributed by atoms with van der Waals surface area (Å²) in [6.45, 7) is 11.5. The van der Waals surface area contributed by atoms with Gasteiger partial charge >= 0.3 is 0 Å². The molecule has 28 heavy (non-hydrogen) atoms. The van der Waals surface area contributed by atoms with Crippen LogP contribution < -0.4 is 5.32 Å². The summed E-state index contributed by atoms with van der Waals surface area (Å²) in [7, 11) is 0. The molecule has 0 saturated heterocycles. The van der Waals surface area contributed by atoms with Crippen LogP contribution in [-0.2, 0) is 13.0 Å². The van der Waals surface area contributed by atoms with Gasteiger partial charge in [-0.15, -0.1) is 5.10 Å². The maximum atomic E-state index is 12.6. The van der Waals surface area contributed by atoms with Gasteiger partial charge in [-0.3, -0.25) is 9.69 Å². The molecule has 1 fully saturated rings. The standard InChI is InChI=1S/C22H31N5O/c1-14(2)15(3)23-22(28)21-16(4)27(25-24-21)20-7-5-6-18-13-26(11-10-19(18)20)12-17-8-9-17/h5-7,14-15,17H,8-13H2,1-4H3,(H,23,28)/t15-/m1/s1. The molecule has 1 aliphatic carbocycles. The first kappa shape index (κ1) is 19.1. The van der Waals surface area contributed by atoms with E-state index in [1.165, 1.54) is 30.5 Å². The zero-order valence-electron chi connectivity index (χ0n) is 17.4. The normalized spacial score (nSPS) is 18.2. The van der Waals surface area contributed by atoms with Crippen molar-refractivity contribution in [2.24, 2.45) is 11.8 Å². The Morgan fingerprint density at radius 1 is 1.29 bits per heavy atom. The number of benzene rings is 1. The van der Waals surface area contributed by atoms with Gasteiger partial charge in [-0.1, -0.05) is 31.2 Å². The van der Waals surface area contributed by atoms with Gasteiger partial charge in [0, 0.05) is 25.7 Å². The minimum absolute atomic E-state index is 0.0963. The second-order valence-electron chi connectivity index (χ2n) is 8.78. The molecule has 2 aliphatic rings. The largest absolute Gasteiger partial charge is 0.348 e. The maximum Gasteiger partial charge on any atom is 0.273 e. The molecule has 1 aromatic heterocycles. The lowest BCUT2D eigenvalue weighted by molar-refractivity contribution is 0.0924. The molecule has 150 valence electrons. The molecule has 1 aliphatic heterocycles. The molecule has 0 unspecified atom stereocenters. The van der Waals surface area contributed by atoms with Gasteiger partial charge in [0.05, 0.1) is 11.4 Å². The summed E-state index contributed by atoms with van der Waals surface area (Å²) in [6, 6.07) is 6.51. The van der Waals surface area contributed by atoms with Crippen molar-refractivity contribution in [1.82, 2.24) is 25.2 Å². The highest BCUT2D eigenvalue weighted by Crippen LogP contribution is 2.32. The molecule has 6 heteroatoms. The predicted octanol–water partition coefficient (Wildman–Crippen LogP) is 3.12. The topological polar surface area (TPSA) is 63.1 Å². The minimum atomic E-state index is -0.148. The number of hydrogen-bond acceptors (Lipinski definition) is 4. The molecule has 0 bridgehead atoms. The molecule has 1 amide bonds. The van der Waals surface area contributed by atoms with Crippen molar-refractivity contribution in [2.45, 2.75) is 59.5 Å². The lowest BCUT2D eigenvalue weighted by atomic mass is 9.97. The van der Waals surface area contributed by atoms with Gasteiger partial charge in [-0.05, 0) is 62.1 Å². The summed E-state index contributed by atoms with van der Waals surface area (Å²) in [5, 5.41) is 11.6. The Morgan fingerprint density at radius 3 is 2.79 bits per heavy atom. The summed E-state index contributed by atoms with van der Waals surface area (Å²) in [6.07, 6.45) is 3.80. The fourth-order valence-electron chi connectivity index (χ4n) is 3.88. The molecule has 2 aromatic rings. The van der Waals surface area contributed by atoms with Crippen LogP contribution >= 0.6 is 0 Å². The molecule has 6 nitrogen and oxygen atoms in total. The van der Waals surface area contributed by atoms with E-state index in [4.69, 9.17) is 0 Å². The van der Waals surface area contributed by atoms with E-state index in [-0.39, 0.29) is 11.9 Å². The van der Waals surface area contributed by atoms with Gasteiger partial charge < -0.3 is 5.32 Å². The third-order valence-electron chi connectivity index (χ3n) is 6.23. The minimum Gasteiger partial charge on any atom is -0.348 e. The summed E-state index contributed by atoms with van der Waals surface area (Å²) >= 11 is 0. The van der Waals surface area contributed by atoms with Crippen LogP contribution in [0.5, 0.6) is 0 Å². The Morgan fingerprint density at radius 2 is 2.07 bits per heavy atom. The van der Waals surface area contributed by atoms with Gasteiger partial charge in [0.2, 0.25) is 0 Å². The Bertz CT molecular complexity index is 868. The number of hydrogen-bond donors (Lipinski definition) is 1. The number of nitrogens with zero attached hydrogens (tertiary/aromatic N) is 4. The average molecular weight is 382 g/mol. The second kappa shape index (κ2) is 7.66. The third-order valence-corrected chi connectivity index (χ3v) is 6.23. The van der Waals surface area contributed by atoms with Crippen molar-refractivity contribution in [3.05, 3.63) is 40.7 Å². The zero-order valence-corrected chi connectivity index (χ0v) is 17.4. The first-order valence-electron chi connectivity index (χ1n) is 10.5. The van der Waals surface area contributed by atoms with Crippen molar-refractivity contribution in [1.29, 1.82) is 0 Å². The average Bonchev–Trinajstić information content (AvgIpc) is 3.40. The molecule has 0 spiro atoms. The van der Waals surface area contributed by atoms with Gasteiger partial charge in [0.15, 0.2) is 5.69 Å². The number of amides is 1. The van der Waals surface area contributed by atoms with E-state index >= 15 is 0 Å². The van der Waals surface area contributed by atoms with Crippen molar-refractivity contribution in [3.63, 3.8) is 0 Å². The number of aromatic nitrogens is 3. The number of rotatable bonds is 6. The van der Waals surface area contributed by atoms with Gasteiger partial charge in [-0.25, -0.2) is 4.68 Å². The SMILES string of the molecule is Cc1c(C(=O)N[C@H](C)C(C)C)nnn1-c1cccc2c1CCN(CC1CC1)C2. The summed E-state index contributed by atoms with van der Waals surface area (Å²) < 4.78 is 1.84. The van der Waals surface area contributed by atoms with E-state index in [1.807, 2.05) is 18.5 Å². The van der Waals surface area contributed by atoms with Crippen molar-refractivity contribution in [3.8, 4) is 5.69 Å². The Kier molecular flexibility index (Phi) is 5.23. The zero-order chi connectivity index (χ0) is 19.8. The van der Waals surface area contributed by atoms with Crippen LogP contribution in [0, 0.1) is 18.8 Å². The number of carbonyl (C=O) groups is 1. The van der Waals surface area contributed by atoms with Gasteiger partial charge in [0.25, 0.3) is 5.91 Å². The molecule has 1 saturated carbocycles. The van der Waals surface area contributed by atoms with Gasteiger partial charge in [0.1, 0.15) is 0 Å². The van der Waals surface area contributed by atoms with Crippen LogP contribution in [0.2, 0.25) is 0 Å². The molecular weight excluding hydrogens is 350 g/mol. The number of nitrogens with one attached hydrogen (secondary N) is 1. The highest BCUT2D eigenvalue weighted by Gasteiger charge is 2.28. The predicted molar refractivity (Wildman–Crippen MR) is 110 cm³/mol. The monoisotopic (exact) mass is 381 g/mol. The second-order valence-corrected chi connectivity index (χ2v) is 8.78. The number of carbonyl (C=O) groups excluding carboxylic acids is 1. The summed E-state index contributed by atoms with van der Waals surface area (Å²) in [5.41, 5.74) is 4.98. The number of fused-ring (bicyclic) bond motifs is 1. The molecule has 1 aromatic carbocycles. The quantitative estimate of drug-likeness (QED) is 0.835. The van der Waals surface area contributed by atoms with Crippen molar-refractivity contribution in [2.75, 3.05) is 13.1 Å². The van der Waals surface area contributed by atoms with E-state index in [1.54, 1.807) is 0 Å². The smallest absolute Gasteiger partial charge is 0.273 e. The molecule has 0 radical (unpaired) electrons.